The van der Waals surface area contributed by atoms with Crippen LogP contribution in [0.15, 0.2) is 55.1 Å². The summed E-state index contributed by atoms with van der Waals surface area (Å²) in [5.41, 5.74) is 4.12. The number of hydrogen-bond donors (Lipinski definition) is 0. The van der Waals surface area contributed by atoms with E-state index in [1.165, 1.54) is 38.2 Å². The fourth-order valence-electron chi connectivity index (χ4n) is 2.99. The monoisotopic (exact) mass is 246 g/mol. The van der Waals surface area contributed by atoms with Crippen LogP contribution in [0.1, 0.15) is 16.7 Å². The van der Waals surface area contributed by atoms with Crippen LogP contribution in [-0.4, -0.2) is 0 Å². The Balaban J connectivity index is 2.48. The third kappa shape index (κ3) is 1.84. The van der Waals surface area contributed by atoms with Gasteiger partial charge < -0.3 is 0 Å². The van der Waals surface area contributed by atoms with Crippen LogP contribution in [0.2, 0.25) is 0 Å². The Hall–Kier alpha value is -2.08. The molecule has 0 atom stereocenters. The van der Waals surface area contributed by atoms with E-state index in [-0.39, 0.29) is 0 Å². The van der Waals surface area contributed by atoms with Crippen LogP contribution in [0.25, 0.3) is 21.5 Å². The molecule has 0 fully saturated rings. The molecule has 0 bridgehead atoms. The molecule has 0 aliphatic rings. The summed E-state index contributed by atoms with van der Waals surface area (Å²) in [6.07, 6.45) is 2.92. The molecule has 0 N–H and O–H groups in total. The Morgan fingerprint density at radius 1 is 1.00 bits per heavy atom. The van der Waals surface area contributed by atoms with Crippen molar-refractivity contribution in [2.75, 3.05) is 0 Å². The second-order valence-corrected chi connectivity index (χ2v) is 5.18. The third-order valence-corrected chi connectivity index (χ3v) is 3.96. The SMILES string of the molecule is C=CCc1cc(C)c2c(ccc3ccccc32)c1C. The molecule has 3 rings (SSSR count). The maximum absolute atomic E-state index is 3.86. The third-order valence-electron chi connectivity index (χ3n) is 3.96. The summed E-state index contributed by atoms with van der Waals surface area (Å²) in [5.74, 6) is 0. The standard InChI is InChI=1S/C19H18/c1-4-7-16-12-13(2)19-17(14(16)3)11-10-15-8-5-6-9-18(15)19/h4-6,8-12H,1,7H2,2-3H3. The van der Waals surface area contributed by atoms with Crippen LogP contribution >= 0.6 is 0 Å². The van der Waals surface area contributed by atoms with Crippen molar-refractivity contribution in [2.24, 2.45) is 0 Å². The van der Waals surface area contributed by atoms with E-state index in [0.717, 1.165) is 6.42 Å². The minimum atomic E-state index is 0.940. The van der Waals surface area contributed by atoms with Crippen LogP contribution in [-0.2, 0) is 6.42 Å². The fourth-order valence-corrected chi connectivity index (χ4v) is 2.99. The summed E-state index contributed by atoms with van der Waals surface area (Å²) >= 11 is 0. The molecule has 0 aliphatic heterocycles. The molecule has 0 heteroatoms. The Morgan fingerprint density at radius 3 is 2.58 bits per heavy atom. The lowest BCUT2D eigenvalue weighted by molar-refractivity contribution is 1.22. The van der Waals surface area contributed by atoms with E-state index in [2.05, 4.69) is 62.9 Å². The molecule has 0 spiro atoms. The van der Waals surface area contributed by atoms with Crippen LogP contribution < -0.4 is 0 Å². The number of benzene rings is 3. The lowest BCUT2D eigenvalue weighted by Crippen LogP contribution is -1.92. The predicted molar refractivity (Wildman–Crippen MR) is 84.8 cm³/mol. The Labute approximate surface area is 114 Å². The van der Waals surface area contributed by atoms with Crippen LogP contribution in [0, 0.1) is 13.8 Å². The van der Waals surface area contributed by atoms with Gasteiger partial charge in [-0.2, -0.15) is 0 Å². The smallest absolute Gasteiger partial charge is 0.00733 e. The van der Waals surface area contributed by atoms with Gasteiger partial charge in [-0.3, -0.25) is 0 Å². The van der Waals surface area contributed by atoms with Crippen molar-refractivity contribution in [3.05, 3.63) is 71.8 Å². The van der Waals surface area contributed by atoms with Gasteiger partial charge in [0.1, 0.15) is 0 Å². The van der Waals surface area contributed by atoms with Crippen LogP contribution in [0.5, 0.6) is 0 Å². The number of fused-ring (bicyclic) bond motifs is 3. The first kappa shape index (κ1) is 12.0. The Morgan fingerprint density at radius 2 is 1.79 bits per heavy atom. The molecule has 0 heterocycles. The van der Waals surface area contributed by atoms with Gasteiger partial charge in [0.05, 0.1) is 0 Å². The zero-order chi connectivity index (χ0) is 13.4. The average molecular weight is 246 g/mol. The van der Waals surface area contributed by atoms with Crippen molar-refractivity contribution in [3.8, 4) is 0 Å². The molecule has 0 radical (unpaired) electrons. The van der Waals surface area contributed by atoms with Gasteiger partial charge in [-0.1, -0.05) is 48.5 Å². The van der Waals surface area contributed by atoms with Crippen LogP contribution in [0.4, 0.5) is 0 Å². The normalized spacial score (nSPS) is 11.1. The van der Waals surface area contributed by atoms with Crippen molar-refractivity contribution in [1.82, 2.24) is 0 Å². The van der Waals surface area contributed by atoms with Crippen molar-refractivity contribution in [1.29, 1.82) is 0 Å². The Bertz CT molecular complexity index is 779. The molecule has 0 unspecified atom stereocenters. The number of rotatable bonds is 2. The minimum Gasteiger partial charge on any atom is -0.103 e. The molecule has 94 valence electrons. The number of hydrogen-bond acceptors (Lipinski definition) is 0. The molecule has 0 saturated heterocycles. The first-order chi connectivity index (χ1) is 9.22. The lowest BCUT2D eigenvalue weighted by atomic mass is 9.91. The van der Waals surface area contributed by atoms with Gasteiger partial charge in [0.25, 0.3) is 0 Å². The zero-order valence-electron chi connectivity index (χ0n) is 11.5. The molecule has 0 aliphatic carbocycles. The summed E-state index contributed by atoms with van der Waals surface area (Å²) in [6, 6.07) is 15.4. The highest BCUT2D eigenvalue weighted by atomic mass is 14.1. The summed E-state index contributed by atoms with van der Waals surface area (Å²) in [5, 5.41) is 5.43. The molecule has 3 aromatic rings. The lowest BCUT2D eigenvalue weighted by Gasteiger charge is -2.13. The van der Waals surface area contributed by atoms with Crippen molar-refractivity contribution in [2.45, 2.75) is 20.3 Å². The minimum absolute atomic E-state index is 0.940. The van der Waals surface area contributed by atoms with Gasteiger partial charge in [-0.15, -0.1) is 6.58 Å². The Kier molecular flexibility index (Phi) is 2.87. The molecule has 3 aromatic carbocycles. The van der Waals surface area contributed by atoms with Gasteiger partial charge in [0, 0.05) is 0 Å². The zero-order valence-corrected chi connectivity index (χ0v) is 11.5. The van der Waals surface area contributed by atoms with Crippen molar-refractivity contribution in [3.63, 3.8) is 0 Å². The molecular weight excluding hydrogens is 228 g/mol. The van der Waals surface area contributed by atoms with Crippen LogP contribution in [0.3, 0.4) is 0 Å². The summed E-state index contributed by atoms with van der Waals surface area (Å²) < 4.78 is 0. The predicted octanol–water partition coefficient (Wildman–Crippen LogP) is 5.34. The molecular formula is C19H18. The summed E-state index contributed by atoms with van der Waals surface area (Å²) in [4.78, 5) is 0. The largest absolute Gasteiger partial charge is 0.103 e. The van der Waals surface area contributed by atoms with Gasteiger partial charge in [-0.25, -0.2) is 0 Å². The number of aryl methyl sites for hydroxylation is 2. The van der Waals surface area contributed by atoms with Crippen molar-refractivity contribution < 1.29 is 0 Å². The highest BCUT2D eigenvalue weighted by Crippen LogP contribution is 2.32. The van der Waals surface area contributed by atoms with E-state index < -0.39 is 0 Å². The van der Waals surface area contributed by atoms with E-state index in [9.17, 15) is 0 Å². The quantitative estimate of drug-likeness (QED) is 0.423. The van der Waals surface area contributed by atoms with E-state index in [1.807, 2.05) is 6.08 Å². The maximum Gasteiger partial charge on any atom is -0.00733 e. The van der Waals surface area contributed by atoms with E-state index in [1.54, 1.807) is 0 Å². The summed E-state index contributed by atoms with van der Waals surface area (Å²) in [7, 11) is 0. The average Bonchev–Trinajstić information content (AvgIpc) is 2.43. The second-order valence-electron chi connectivity index (χ2n) is 5.18. The van der Waals surface area contributed by atoms with Crippen molar-refractivity contribution >= 4 is 21.5 Å². The molecule has 0 nitrogen and oxygen atoms in total. The first-order valence-corrected chi connectivity index (χ1v) is 6.74. The topological polar surface area (TPSA) is 0 Å². The molecule has 19 heavy (non-hydrogen) atoms. The highest BCUT2D eigenvalue weighted by Gasteiger charge is 2.08. The molecule has 0 saturated carbocycles. The summed E-state index contributed by atoms with van der Waals surface area (Å²) in [6.45, 7) is 8.28. The van der Waals surface area contributed by atoms with E-state index in [0.29, 0.717) is 0 Å². The van der Waals surface area contributed by atoms with Gasteiger partial charge in [-0.05, 0) is 58.5 Å². The van der Waals surface area contributed by atoms with E-state index in [4.69, 9.17) is 0 Å². The highest BCUT2D eigenvalue weighted by molar-refractivity contribution is 6.10. The second kappa shape index (κ2) is 4.55. The van der Waals surface area contributed by atoms with Gasteiger partial charge in [0.15, 0.2) is 0 Å². The fraction of sp³-hybridized carbons (Fsp3) is 0.158. The molecule has 0 aromatic heterocycles. The molecule has 0 amide bonds. The van der Waals surface area contributed by atoms with Gasteiger partial charge in [0.2, 0.25) is 0 Å². The number of allylic oxidation sites excluding steroid dienone is 1. The maximum atomic E-state index is 3.86. The van der Waals surface area contributed by atoms with E-state index >= 15 is 0 Å². The first-order valence-electron chi connectivity index (χ1n) is 6.74. The van der Waals surface area contributed by atoms with Gasteiger partial charge >= 0.3 is 0 Å².